The Morgan fingerprint density at radius 1 is 1.23 bits per heavy atom. The number of hydrogen-bond acceptors (Lipinski definition) is 3. The van der Waals surface area contributed by atoms with Gasteiger partial charge in [0.05, 0.1) is 19.8 Å². The third kappa shape index (κ3) is 2.96. The number of urea groups is 1. The monoisotopic (exact) mass is 304 g/mol. The van der Waals surface area contributed by atoms with Crippen LogP contribution in [0.5, 0.6) is 0 Å². The Hall–Kier alpha value is -1.59. The van der Waals surface area contributed by atoms with Crippen LogP contribution in [-0.2, 0) is 16.0 Å². The van der Waals surface area contributed by atoms with Crippen LogP contribution in [0.1, 0.15) is 28.7 Å². The van der Waals surface area contributed by atoms with E-state index in [1.165, 1.54) is 22.3 Å². The summed E-state index contributed by atoms with van der Waals surface area (Å²) in [5.74, 6) is -0.549. The fourth-order valence-corrected chi connectivity index (χ4v) is 3.42. The van der Waals surface area contributed by atoms with Crippen molar-refractivity contribution < 1.29 is 14.3 Å². The zero-order valence-electron chi connectivity index (χ0n) is 13.6. The molecule has 5 nitrogen and oxygen atoms in total. The Kier molecular flexibility index (Phi) is 4.10. The van der Waals surface area contributed by atoms with Crippen LogP contribution in [0.15, 0.2) is 12.1 Å². The fourth-order valence-electron chi connectivity index (χ4n) is 3.42. The second-order valence-electron chi connectivity index (χ2n) is 6.32. The minimum absolute atomic E-state index is 0.0460. The topological polar surface area (TPSA) is 50.8 Å². The van der Waals surface area contributed by atoms with E-state index in [9.17, 15) is 4.79 Å². The Morgan fingerprint density at radius 3 is 2.50 bits per heavy atom. The van der Waals surface area contributed by atoms with Crippen LogP contribution < -0.4 is 5.32 Å². The number of likely N-dealkylation sites (tertiary alicyclic amines) is 1. The van der Waals surface area contributed by atoms with Crippen molar-refractivity contribution in [1.82, 2.24) is 10.2 Å². The lowest BCUT2D eigenvalue weighted by Crippen LogP contribution is -2.41. The summed E-state index contributed by atoms with van der Waals surface area (Å²) in [5.41, 5.74) is 4.89. The lowest BCUT2D eigenvalue weighted by molar-refractivity contribution is -0.143. The zero-order chi connectivity index (χ0) is 15.7. The Morgan fingerprint density at radius 2 is 1.86 bits per heavy atom. The minimum Gasteiger partial charge on any atom is -0.346 e. The quantitative estimate of drug-likeness (QED) is 0.912. The van der Waals surface area contributed by atoms with E-state index in [1.807, 2.05) is 0 Å². The van der Waals surface area contributed by atoms with Crippen LogP contribution in [-0.4, -0.2) is 43.0 Å². The first-order valence-corrected chi connectivity index (χ1v) is 7.86. The molecule has 0 aliphatic carbocycles. The SMILES string of the molecule is Cc1cc(C)c(CNC(=O)N2CCC3(C2)OCCO3)c(C)c1. The summed E-state index contributed by atoms with van der Waals surface area (Å²) in [4.78, 5) is 14.1. The smallest absolute Gasteiger partial charge is 0.317 e. The molecule has 0 atom stereocenters. The van der Waals surface area contributed by atoms with Crippen LogP contribution in [0.2, 0.25) is 0 Å². The number of aryl methyl sites for hydroxylation is 3. The second-order valence-corrected chi connectivity index (χ2v) is 6.32. The fraction of sp³-hybridized carbons (Fsp3) is 0.588. The zero-order valence-corrected chi connectivity index (χ0v) is 13.6. The van der Waals surface area contributed by atoms with Gasteiger partial charge < -0.3 is 19.7 Å². The van der Waals surface area contributed by atoms with Crippen molar-refractivity contribution in [3.63, 3.8) is 0 Å². The maximum absolute atomic E-state index is 12.4. The van der Waals surface area contributed by atoms with E-state index in [0.717, 1.165) is 6.42 Å². The highest BCUT2D eigenvalue weighted by Crippen LogP contribution is 2.30. The van der Waals surface area contributed by atoms with Crippen molar-refractivity contribution in [1.29, 1.82) is 0 Å². The molecule has 1 spiro atoms. The molecule has 2 fully saturated rings. The van der Waals surface area contributed by atoms with E-state index in [4.69, 9.17) is 9.47 Å². The number of nitrogens with zero attached hydrogens (tertiary/aromatic N) is 1. The molecule has 2 amide bonds. The number of rotatable bonds is 2. The van der Waals surface area contributed by atoms with Crippen molar-refractivity contribution in [2.24, 2.45) is 0 Å². The van der Waals surface area contributed by atoms with Gasteiger partial charge in [-0.2, -0.15) is 0 Å². The molecule has 22 heavy (non-hydrogen) atoms. The van der Waals surface area contributed by atoms with E-state index in [2.05, 4.69) is 38.2 Å². The molecule has 1 N–H and O–H groups in total. The third-order valence-electron chi connectivity index (χ3n) is 4.55. The van der Waals surface area contributed by atoms with Crippen molar-refractivity contribution in [3.05, 3.63) is 34.4 Å². The van der Waals surface area contributed by atoms with Crippen LogP contribution >= 0.6 is 0 Å². The van der Waals surface area contributed by atoms with Gasteiger partial charge in [0.25, 0.3) is 0 Å². The van der Waals surface area contributed by atoms with E-state index < -0.39 is 5.79 Å². The summed E-state index contributed by atoms with van der Waals surface area (Å²) >= 11 is 0. The van der Waals surface area contributed by atoms with E-state index >= 15 is 0 Å². The summed E-state index contributed by atoms with van der Waals surface area (Å²) < 4.78 is 11.3. The first-order chi connectivity index (χ1) is 10.5. The van der Waals surface area contributed by atoms with Gasteiger partial charge in [0.2, 0.25) is 0 Å². The minimum atomic E-state index is -0.549. The molecule has 1 aromatic rings. The highest BCUT2D eigenvalue weighted by atomic mass is 16.7. The lowest BCUT2D eigenvalue weighted by Gasteiger charge is -2.23. The Balaban J connectivity index is 1.59. The van der Waals surface area contributed by atoms with E-state index in [0.29, 0.717) is 32.8 Å². The van der Waals surface area contributed by atoms with Crippen LogP contribution in [0.4, 0.5) is 4.79 Å². The molecule has 2 aliphatic rings. The van der Waals surface area contributed by atoms with Gasteiger partial charge in [-0.15, -0.1) is 0 Å². The summed E-state index contributed by atoms with van der Waals surface area (Å²) in [7, 11) is 0. The second kappa shape index (κ2) is 5.89. The van der Waals surface area contributed by atoms with Gasteiger partial charge in [-0.3, -0.25) is 0 Å². The van der Waals surface area contributed by atoms with Gasteiger partial charge in [-0.05, 0) is 37.5 Å². The predicted octanol–water partition coefficient (Wildman–Crippen LogP) is 2.27. The standard InChI is InChI=1S/C17H24N2O3/c1-12-8-13(2)15(14(3)9-12)10-18-16(20)19-5-4-17(11-19)21-6-7-22-17/h8-9H,4-7,10-11H2,1-3H3,(H,18,20). The third-order valence-corrected chi connectivity index (χ3v) is 4.55. The number of hydrogen-bond donors (Lipinski definition) is 1. The van der Waals surface area contributed by atoms with Crippen LogP contribution in [0, 0.1) is 20.8 Å². The van der Waals surface area contributed by atoms with Gasteiger partial charge >= 0.3 is 6.03 Å². The van der Waals surface area contributed by atoms with Gasteiger partial charge in [-0.1, -0.05) is 17.7 Å². The van der Waals surface area contributed by atoms with Crippen molar-refractivity contribution in [3.8, 4) is 0 Å². The molecule has 0 saturated carbocycles. The average molecular weight is 304 g/mol. The van der Waals surface area contributed by atoms with Crippen LogP contribution in [0.3, 0.4) is 0 Å². The van der Waals surface area contributed by atoms with Gasteiger partial charge in [0, 0.05) is 19.5 Å². The van der Waals surface area contributed by atoms with Gasteiger partial charge in [0.1, 0.15) is 0 Å². The molecule has 3 rings (SSSR count). The molecule has 1 aromatic carbocycles. The molecule has 0 aromatic heterocycles. The number of nitrogens with one attached hydrogen (secondary N) is 1. The van der Waals surface area contributed by atoms with Crippen LogP contribution in [0.25, 0.3) is 0 Å². The molecular weight excluding hydrogens is 280 g/mol. The number of benzene rings is 1. The molecule has 2 heterocycles. The number of ether oxygens (including phenoxy) is 2. The molecule has 120 valence electrons. The van der Waals surface area contributed by atoms with Gasteiger partial charge in [0.15, 0.2) is 5.79 Å². The maximum atomic E-state index is 12.4. The molecular formula is C17H24N2O3. The number of carbonyl (C=O) groups excluding carboxylic acids is 1. The highest BCUT2D eigenvalue weighted by Gasteiger charge is 2.44. The number of carbonyl (C=O) groups is 1. The molecule has 5 heteroatoms. The maximum Gasteiger partial charge on any atom is 0.317 e. The van der Waals surface area contributed by atoms with Crippen molar-refractivity contribution in [2.45, 2.75) is 39.5 Å². The summed E-state index contributed by atoms with van der Waals surface area (Å²) in [5, 5.41) is 3.02. The molecule has 2 saturated heterocycles. The molecule has 0 bridgehead atoms. The first kappa shape index (κ1) is 15.3. The molecule has 0 radical (unpaired) electrons. The van der Waals surface area contributed by atoms with E-state index in [-0.39, 0.29) is 6.03 Å². The summed E-state index contributed by atoms with van der Waals surface area (Å²) in [6.45, 7) is 9.27. The predicted molar refractivity (Wildman–Crippen MR) is 83.7 cm³/mol. The average Bonchev–Trinajstić information content (AvgIpc) is 3.08. The molecule has 0 unspecified atom stereocenters. The summed E-state index contributed by atoms with van der Waals surface area (Å²) in [6, 6.07) is 4.26. The number of amides is 2. The van der Waals surface area contributed by atoms with E-state index in [1.54, 1.807) is 4.90 Å². The highest BCUT2D eigenvalue weighted by molar-refractivity contribution is 5.74. The largest absolute Gasteiger partial charge is 0.346 e. The van der Waals surface area contributed by atoms with Crippen molar-refractivity contribution >= 4 is 6.03 Å². The van der Waals surface area contributed by atoms with Gasteiger partial charge in [-0.25, -0.2) is 4.79 Å². The normalized spacial score (nSPS) is 19.9. The summed E-state index contributed by atoms with van der Waals surface area (Å²) in [6.07, 6.45) is 0.753. The first-order valence-electron chi connectivity index (χ1n) is 7.86. The lowest BCUT2D eigenvalue weighted by atomic mass is 10.00. The Labute approximate surface area is 131 Å². The Bertz CT molecular complexity index is 556. The molecule has 2 aliphatic heterocycles. The van der Waals surface area contributed by atoms with Crippen molar-refractivity contribution in [2.75, 3.05) is 26.3 Å².